The summed E-state index contributed by atoms with van der Waals surface area (Å²) in [6, 6.07) is 10.7. The van der Waals surface area contributed by atoms with Crippen LogP contribution in [0, 0.1) is 0 Å². The highest BCUT2D eigenvalue weighted by Gasteiger charge is 2.33. The molecule has 1 aromatic carbocycles. The molecular weight excluding hydrogens is 332 g/mol. The molecular formula is C19H20N4O3. The number of carbonyl (C=O) groups is 3. The molecule has 3 rings (SSSR count). The Balaban J connectivity index is 1.68. The van der Waals surface area contributed by atoms with Crippen LogP contribution in [0.4, 0.5) is 5.82 Å². The Morgan fingerprint density at radius 3 is 2.69 bits per heavy atom. The van der Waals surface area contributed by atoms with Crippen molar-refractivity contribution in [2.24, 2.45) is 0 Å². The van der Waals surface area contributed by atoms with E-state index in [9.17, 15) is 14.4 Å². The first-order chi connectivity index (χ1) is 12.5. The normalized spacial score (nSPS) is 16.0. The lowest BCUT2D eigenvalue weighted by Crippen LogP contribution is -2.43. The second kappa shape index (κ2) is 7.35. The van der Waals surface area contributed by atoms with Gasteiger partial charge in [0.15, 0.2) is 0 Å². The average Bonchev–Trinajstić information content (AvgIpc) is 2.63. The van der Waals surface area contributed by atoms with Gasteiger partial charge in [0.2, 0.25) is 11.8 Å². The molecule has 26 heavy (non-hydrogen) atoms. The van der Waals surface area contributed by atoms with Gasteiger partial charge in [-0.05, 0) is 23.3 Å². The highest BCUT2D eigenvalue weighted by molar-refractivity contribution is 6.00. The Labute approximate surface area is 151 Å². The van der Waals surface area contributed by atoms with Gasteiger partial charge < -0.3 is 15.5 Å². The smallest absolute Gasteiger partial charge is 0.253 e. The van der Waals surface area contributed by atoms with Crippen molar-refractivity contribution in [2.75, 3.05) is 18.9 Å². The molecule has 1 unspecified atom stereocenters. The number of hydrogen-bond acceptors (Lipinski definition) is 4. The molecule has 0 fully saturated rings. The molecule has 2 aromatic rings. The van der Waals surface area contributed by atoms with Gasteiger partial charge in [-0.15, -0.1) is 0 Å². The average molecular weight is 352 g/mol. The maximum Gasteiger partial charge on any atom is 0.253 e. The van der Waals surface area contributed by atoms with Crippen molar-refractivity contribution in [2.45, 2.75) is 19.4 Å². The highest BCUT2D eigenvalue weighted by atomic mass is 16.2. The van der Waals surface area contributed by atoms with Crippen molar-refractivity contribution in [3.63, 3.8) is 0 Å². The number of fused-ring (bicyclic) bond motifs is 1. The van der Waals surface area contributed by atoms with Gasteiger partial charge in [0.1, 0.15) is 5.82 Å². The van der Waals surface area contributed by atoms with Crippen molar-refractivity contribution in [3.8, 4) is 0 Å². The van der Waals surface area contributed by atoms with Crippen LogP contribution in [0.5, 0.6) is 0 Å². The minimum atomic E-state index is -0.402. The van der Waals surface area contributed by atoms with Gasteiger partial charge in [0, 0.05) is 38.8 Å². The van der Waals surface area contributed by atoms with Crippen LogP contribution in [-0.2, 0) is 16.1 Å². The molecule has 1 aromatic heterocycles. The number of rotatable bonds is 4. The third kappa shape index (κ3) is 3.72. The molecule has 0 saturated carbocycles. The Bertz CT molecular complexity index is 848. The number of hydrogen-bond donors (Lipinski definition) is 2. The molecule has 0 aliphatic carbocycles. The van der Waals surface area contributed by atoms with Gasteiger partial charge in [-0.25, -0.2) is 4.98 Å². The summed E-state index contributed by atoms with van der Waals surface area (Å²) in [5.74, 6) is -0.326. The van der Waals surface area contributed by atoms with Gasteiger partial charge in [-0.1, -0.05) is 24.3 Å². The van der Waals surface area contributed by atoms with E-state index >= 15 is 0 Å². The zero-order chi connectivity index (χ0) is 18.7. The molecule has 2 N–H and O–H groups in total. The van der Waals surface area contributed by atoms with E-state index in [1.807, 2.05) is 12.1 Å². The zero-order valence-electron chi connectivity index (χ0n) is 14.7. The van der Waals surface area contributed by atoms with Crippen molar-refractivity contribution in [3.05, 3.63) is 59.3 Å². The fourth-order valence-electron chi connectivity index (χ4n) is 2.98. The van der Waals surface area contributed by atoms with Crippen LogP contribution in [-0.4, -0.2) is 41.2 Å². The van der Waals surface area contributed by atoms with E-state index in [0.29, 0.717) is 24.5 Å². The topological polar surface area (TPSA) is 91.4 Å². The summed E-state index contributed by atoms with van der Waals surface area (Å²) in [7, 11) is 1.70. The summed E-state index contributed by atoms with van der Waals surface area (Å²) in [5.41, 5.74) is 2.15. The van der Waals surface area contributed by atoms with Crippen molar-refractivity contribution in [1.82, 2.24) is 15.2 Å². The van der Waals surface area contributed by atoms with E-state index in [1.54, 1.807) is 42.4 Å². The minimum absolute atomic E-state index is 0.0672. The lowest BCUT2D eigenvalue weighted by molar-refractivity contribution is -0.123. The van der Waals surface area contributed by atoms with Gasteiger partial charge in [0.25, 0.3) is 5.91 Å². The summed E-state index contributed by atoms with van der Waals surface area (Å²) in [4.78, 5) is 41.6. The summed E-state index contributed by atoms with van der Waals surface area (Å²) >= 11 is 0. The third-order valence-corrected chi connectivity index (χ3v) is 4.28. The molecule has 0 saturated heterocycles. The molecule has 0 bridgehead atoms. The van der Waals surface area contributed by atoms with E-state index in [4.69, 9.17) is 0 Å². The predicted molar refractivity (Wildman–Crippen MR) is 96.5 cm³/mol. The second-order valence-corrected chi connectivity index (χ2v) is 6.28. The van der Waals surface area contributed by atoms with Crippen LogP contribution in [0.2, 0.25) is 0 Å². The molecule has 7 heteroatoms. The fourth-order valence-corrected chi connectivity index (χ4v) is 2.98. The van der Waals surface area contributed by atoms with Crippen LogP contribution >= 0.6 is 0 Å². The lowest BCUT2D eigenvalue weighted by Gasteiger charge is -2.31. The SMILES string of the molecule is CC(=O)Nc1ccc(CNC(=O)C2CN(C)C(=O)c3ccccc32)cn1. The molecule has 134 valence electrons. The number of amides is 3. The van der Waals surface area contributed by atoms with Crippen LogP contribution < -0.4 is 10.6 Å². The maximum absolute atomic E-state index is 12.7. The van der Waals surface area contributed by atoms with Crippen molar-refractivity contribution in [1.29, 1.82) is 0 Å². The number of likely N-dealkylation sites (N-methyl/N-ethyl adjacent to an activating group) is 1. The zero-order valence-corrected chi connectivity index (χ0v) is 14.7. The number of aromatic nitrogens is 1. The van der Waals surface area contributed by atoms with Crippen molar-refractivity contribution >= 4 is 23.5 Å². The number of nitrogens with one attached hydrogen (secondary N) is 2. The largest absolute Gasteiger partial charge is 0.351 e. The number of nitrogens with zero attached hydrogens (tertiary/aromatic N) is 2. The molecule has 3 amide bonds. The van der Waals surface area contributed by atoms with Crippen LogP contribution in [0.3, 0.4) is 0 Å². The Morgan fingerprint density at radius 2 is 2.00 bits per heavy atom. The fraction of sp³-hybridized carbons (Fsp3) is 0.263. The Morgan fingerprint density at radius 1 is 1.23 bits per heavy atom. The van der Waals surface area contributed by atoms with Crippen LogP contribution in [0.25, 0.3) is 0 Å². The van der Waals surface area contributed by atoms with Crippen LogP contribution in [0.1, 0.15) is 34.3 Å². The first kappa shape index (κ1) is 17.6. The van der Waals surface area contributed by atoms with Gasteiger partial charge in [0.05, 0.1) is 5.92 Å². The molecule has 1 aliphatic rings. The van der Waals surface area contributed by atoms with Gasteiger partial charge in [-0.2, -0.15) is 0 Å². The Hall–Kier alpha value is -3.22. The maximum atomic E-state index is 12.7. The van der Waals surface area contributed by atoms with Gasteiger partial charge >= 0.3 is 0 Å². The number of benzene rings is 1. The molecule has 1 aliphatic heterocycles. The lowest BCUT2D eigenvalue weighted by atomic mass is 9.89. The predicted octanol–water partition coefficient (Wildman–Crippen LogP) is 1.53. The number of pyridine rings is 1. The molecule has 0 spiro atoms. The second-order valence-electron chi connectivity index (χ2n) is 6.28. The molecule has 2 heterocycles. The molecule has 7 nitrogen and oxygen atoms in total. The highest BCUT2D eigenvalue weighted by Crippen LogP contribution is 2.27. The summed E-state index contributed by atoms with van der Waals surface area (Å²) in [6.07, 6.45) is 1.61. The number of anilines is 1. The van der Waals surface area contributed by atoms with Crippen LogP contribution in [0.15, 0.2) is 42.6 Å². The molecule has 0 radical (unpaired) electrons. The summed E-state index contributed by atoms with van der Waals surface area (Å²) < 4.78 is 0. The Kier molecular flexibility index (Phi) is 4.97. The van der Waals surface area contributed by atoms with E-state index in [0.717, 1.165) is 11.1 Å². The molecule has 1 atom stereocenters. The van der Waals surface area contributed by atoms with E-state index in [-0.39, 0.29) is 17.7 Å². The monoisotopic (exact) mass is 352 g/mol. The summed E-state index contributed by atoms with van der Waals surface area (Å²) in [5, 5.41) is 5.49. The van der Waals surface area contributed by atoms with E-state index < -0.39 is 5.92 Å². The standard InChI is InChI=1S/C19H20N4O3/c1-12(24)22-17-8-7-13(9-20-17)10-21-18(25)16-11-23(2)19(26)15-6-4-3-5-14(15)16/h3-9,16H,10-11H2,1-2H3,(H,21,25)(H,20,22,24). The van der Waals surface area contributed by atoms with Crippen molar-refractivity contribution < 1.29 is 14.4 Å². The number of carbonyl (C=O) groups excluding carboxylic acids is 3. The quantitative estimate of drug-likeness (QED) is 0.873. The summed E-state index contributed by atoms with van der Waals surface area (Å²) in [6.45, 7) is 2.09. The minimum Gasteiger partial charge on any atom is -0.351 e. The third-order valence-electron chi connectivity index (χ3n) is 4.28. The first-order valence-electron chi connectivity index (χ1n) is 8.30. The van der Waals surface area contributed by atoms with E-state index in [2.05, 4.69) is 15.6 Å². The first-order valence-corrected chi connectivity index (χ1v) is 8.30. The van der Waals surface area contributed by atoms with Gasteiger partial charge in [-0.3, -0.25) is 14.4 Å². The van der Waals surface area contributed by atoms with E-state index in [1.165, 1.54) is 6.92 Å².